The fraction of sp³-hybridized carbons (Fsp3) is 0.923. The minimum atomic E-state index is -0.295. The number of ether oxygens (including phenoxy) is 2. The van der Waals surface area contributed by atoms with Gasteiger partial charge in [0.15, 0.2) is 0 Å². The molecule has 0 atom stereocenters. The number of esters is 1. The van der Waals surface area contributed by atoms with E-state index < -0.39 is 0 Å². The lowest BCUT2D eigenvalue weighted by Crippen LogP contribution is -2.30. The van der Waals surface area contributed by atoms with Gasteiger partial charge in [0.25, 0.3) is 0 Å². The predicted molar refractivity (Wildman–Crippen MR) is 72.7 cm³/mol. The van der Waals surface area contributed by atoms with E-state index in [0.717, 1.165) is 26.1 Å². The molecular formula is C13H28N2O3. The van der Waals surface area contributed by atoms with Gasteiger partial charge in [0, 0.05) is 12.6 Å². The first-order valence-electron chi connectivity index (χ1n) is 6.72. The highest BCUT2D eigenvalue weighted by Crippen LogP contribution is 1.93. The van der Waals surface area contributed by atoms with Crippen molar-refractivity contribution < 1.29 is 14.3 Å². The van der Waals surface area contributed by atoms with E-state index in [1.54, 1.807) is 6.92 Å². The van der Waals surface area contributed by atoms with E-state index in [1.807, 2.05) is 0 Å². The number of carbonyl (C=O) groups is 1. The fourth-order valence-corrected chi connectivity index (χ4v) is 1.34. The van der Waals surface area contributed by atoms with Crippen LogP contribution in [-0.2, 0) is 14.3 Å². The van der Waals surface area contributed by atoms with Crippen LogP contribution in [0.2, 0.25) is 0 Å². The van der Waals surface area contributed by atoms with Crippen molar-refractivity contribution in [3.63, 3.8) is 0 Å². The van der Waals surface area contributed by atoms with Gasteiger partial charge in [-0.1, -0.05) is 0 Å². The van der Waals surface area contributed by atoms with Crippen LogP contribution in [0.15, 0.2) is 0 Å². The second kappa shape index (κ2) is 11.4. The first-order chi connectivity index (χ1) is 8.57. The largest absolute Gasteiger partial charge is 0.464 e. The van der Waals surface area contributed by atoms with E-state index in [9.17, 15) is 4.79 Å². The number of rotatable bonds is 11. The number of nitrogens with zero attached hydrogens (tertiary/aromatic N) is 1. The minimum absolute atomic E-state index is 0.0472. The lowest BCUT2D eigenvalue weighted by Gasteiger charge is -2.20. The zero-order valence-corrected chi connectivity index (χ0v) is 12.2. The third kappa shape index (κ3) is 10.5. The van der Waals surface area contributed by atoms with Gasteiger partial charge in [0.05, 0.1) is 13.2 Å². The van der Waals surface area contributed by atoms with Crippen LogP contribution >= 0.6 is 0 Å². The van der Waals surface area contributed by atoms with Crippen LogP contribution in [0.4, 0.5) is 0 Å². The number of carbonyl (C=O) groups excluding carboxylic acids is 1. The summed E-state index contributed by atoms with van der Waals surface area (Å²) in [5.41, 5.74) is 0. The fourth-order valence-electron chi connectivity index (χ4n) is 1.34. The third-order valence-corrected chi connectivity index (χ3v) is 2.69. The molecule has 5 heteroatoms. The summed E-state index contributed by atoms with van der Waals surface area (Å²) < 4.78 is 9.91. The SMILES string of the molecule is CCOC(=O)COCCNCCCN(C)C(C)C. The van der Waals surface area contributed by atoms with Crippen molar-refractivity contribution in [1.29, 1.82) is 0 Å². The van der Waals surface area contributed by atoms with Crippen LogP contribution in [0, 0.1) is 0 Å². The maximum Gasteiger partial charge on any atom is 0.332 e. The lowest BCUT2D eigenvalue weighted by atomic mass is 10.3. The van der Waals surface area contributed by atoms with Crippen LogP contribution < -0.4 is 5.32 Å². The third-order valence-electron chi connectivity index (χ3n) is 2.69. The van der Waals surface area contributed by atoms with Crippen LogP contribution in [0.1, 0.15) is 27.2 Å². The monoisotopic (exact) mass is 260 g/mol. The van der Waals surface area contributed by atoms with Gasteiger partial charge in [0.1, 0.15) is 6.61 Å². The molecule has 0 rings (SSSR count). The number of nitrogens with one attached hydrogen (secondary N) is 1. The molecule has 0 heterocycles. The van der Waals surface area contributed by atoms with E-state index in [2.05, 4.69) is 31.1 Å². The van der Waals surface area contributed by atoms with Gasteiger partial charge in [-0.25, -0.2) is 4.79 Å². The molecule has 0 saturated heterocycles. The Labute approximate surface area is 111 Å². The summed E-state index contributed by atoms with van der Waals surface area (Å²) in [6.07, 6.45) is 1.12. The second-order valence-electron chi connectivity index (χ2n) is 4.54. The molecule has 0 saturated carbocycles. The Hall–Kier alpha value is -0.650. The topological polar surface area (TPSA) is 50.8 Å². The molecule has 0 bridgehead atoms. The van der Waals surface area contributed by atoms with Gasteiger partial charge in [-0.05, 0) is 47.3 Å². The van der Waals surface area contributed by atoms with Crippen molar-refractivity contribution in [2.45, 2.75) is 33.2 Å². The molecule has 0 aromatic heterocycles. The Morgan fingerprint density at radius 1 is 1.33 bits per heavy atom. The van der Waals surface area contributed by atoms with Crippen molar-refractivity contribution >= 4 is 5.97 Å². The first kappa shape index (κ1) is 17.4. The van der Waals surface area contributed by atoms with Crippen molar-refractivity contribution in [3.8, 4) is 0 Å². The second-order valence-corrected chi connectivity index (χ2v) is 4.54. The molecular weight excluding hydrogens is 232 g/mol. The molecule has 18 heavy (non-hydrogen) atoms. The average Bonchev–Trinajstić information content (AvgIpc) is 2.32. The number of hydrogen-bond donors (Lipinski definition) is 1. The Bertz CT molecular complexity index is 210. The standard InChI is InChI=1S/C13H28N2O3/c1-5-18-13(16)11-17-10-8-14-7-6-9-15(4)12(2)3/h12,14H,5-11H2,1-4H3. The minimum Gasteiger partial charge on any atom is -0.464 e. The smallest absolute Gasteiger partial charge is 0.332 e. The van der Waals surface area contributed by atoms with Gasteiger partial charge in [-0.15, -0.1) is 0 Å². The quantitative estimate of drug-likeness (QED) is 0.441. The molecule has 0 aliphatic heterocycles. The maximum atomic E-state index is 10.9. The molecule has 0 aromatic rings. The molecule has 108 valence electrons. The molecule has 0 aliphatic rings. The summed E-state index contributed by atoms with van der Waals surface area (Å²) in [6, 6.07) is 0.595. The Morgan fingerprint density at radius 2 is 2.06 bits per heavy atom. The van der Waals surface area contributed by atoms with Gasteiger partial charge >= 0.3 is 5.97 Å². The summed E-state index contributed by atoms with van der Waals surface area (Å²) in [5, 5.41) is 3.28. The van der Waals surface area contributed by atoms with E-state index in [0.29, 0.717) is 19.3 Å². The molecule has 1 N–H and O–H groups in total. The first-order valence-corrected chi connectivity index (χ1v) is 6.72. The highest BCUT2D eigenvalue weighted by molar-refractivity contribution is 5.70. The highest BCUT2D eigenvalue weighted by atomic mass is 16.6. The van der Waals surface area contributed by atoms with E-state index in [1.165, 1.54) is 0 Å². The molecule has 0 radical (unpaired) electrons. The van der Waals surface area contributed by atoms with Crippen molar-refractivity contribution in [3.05, 3.63) is 0 Å². The summed E-state index contributed by atoms with van der Waals surface area (Å²) in [7, 11) is 2.13. The Kier molecular flexibility index (Phi) is 11.0. The van der Waals surface area contributed by atoms with Gasteiger partial charge < -0.3 is 19.7 Å². The maximum absolute atomic E-state index is 10.9. The Morgan fingerprint density at radius 3 is 2.67 bits per heavy atom. The highest BCUT2D eigenvalue weighted by Gasteiger charge is 2.02. The summed E-state index contributed by atoms with van der Waals surface area (Å²) in [5.74, 6) is -0.295. The van der Waals surface area contributed by atoms with Crippen LogP contribution in [0.25, 0.3) is 0 Å². The summed E-state index contributed by atoms with van der Waals surface area (Å²) >= 11 is 0. The average molecular weight is 260 g/mol. The van der Waals surface area contributed by atoms with Crippen LogP contribution in [0.5, 0.6) is 0 Å². The molecule has 0 fully saturated rings. The van der Waals surface area contributed by atoms with Gasteiger partial charge in [-0.2, -0.15) is 0 Å². The normalized spacial score (nSPS) is 11.2. The van der Waals surface area contributed by atoms with E-state index >= 15 is 0 Å². The lowest BCUT2D eigenvalue weighted by molar-refractivity contribution is -0.148. The van der Waals surface area contributed by atoms with Gasteiger partial charge in [0.2, 0.25) is 0 Å². The molecule has 0 unspecified atom stereocenters. The zero-order chi connectivity index (χ0) is 13.8. The van der Waals surface area contributed by atoms with Crippen LogP contribution in [-0.4, -0.2) is 63.4 Å². The molecule has 0 amide bonds. The Balaban J connectivity index is 3.19. The molecule has 0 aromatic carbocycles. The summed E-state index contributed by atoms with van der Waals surface area (Å²) in [4.78, 5) is 13.3. The number of hydrogen-bond acceptors (Lipinski definition) is 5. The van der Waals surface area contributed by atoms with Crippen molar-refractivity contribution in [2.24, 2.45) is 0 Å². The summed E-state index contributed by atoms with van der Waals surface area (Å²) in [6.45, 7) is 9.99. The molecule has 0 spiro atoms. The van der Waals surface area contributed by atoms with E-state index in [4.69, 9.17) is 9.47 Å². The zero-order valence-electron chi connectivity index (χ0n) is 12.2. The predicted octanol–water partition coefficient (Wildman–Crippen LogP) is 0.886. The van der Waals surface area contributed by atoms with Crippen molar-refractivity contribution in [2.75, 3.05) is 46.5 Å². The van der Waals surface area contributed by atoms with E-state index in [-0.39, 0.29) is 12.6 Å². The molecule has 5 nitrogen and oxygen atoms in total. The van der Waals surface area contributed by atoms with Crippen LogP contribution in [0.3, 0.4) is 0 Å². The van der Waals surface area contributed by atoms with Crippen molar-refractivity contribution in [1.82, 2.24) is 10.2 Å². The van der Waals surface area contributed by atoms with Gasteiger partial charge in [-0.3, -0.25) is 0 Å². The molecule has 0 aliphatic carbocycles.